The molecule has 1 atom stereocenters. The first-order valence-electron chi connectivity index (χ1n) is 6.89. The van der Waals surface area contributed by atoms with E-state index in [4.69, 9.17) is 0 Å². The van der Waals surface area contributed by atoms with Crippen LogP contribution in [0.5, 0.6) is 5.75 Å². The molecule has 1 N–H and O–H groups in total. The summed E-state index contributed by atoms with van der Waals surface area (Å²) in [6, 6.07) is 3.69. The largest absolute Gasteiger partial charge is 0.508 e. The van der Waals surface area contributed by atoms with E-state index in [0.717, 1.165) is 31.7 Å². The van der Waals surface area contributed by atoms with Crippen LogP contribution in [0.1, 0.15) is 43.0 Å². The van der Waals surface area contributed by atoms with E-state index in [1.54, 1.807) is 4.90 Å². The SMILES string of the molecule is CCC1CCCN(C(=O)c2ccc(O)cc2F)CC1. The van der Waals surface area contributed by atoms with Crippen LogP contribution in [0, 0.1) is 11.7 Å². The molecule has 1 aromatic carbocycles. The number of carbonyl (C=O) groups excluding carboxylic acids is 1. The molecule has 1 heterocycles. The maximum atomic E-state index is 13.7. The molecule has 1 aliphatic heterocycles. The minimum atomic E-state index is -0.652. The minimum absolute atomic E-state index is 0.0488. The van der Waals surface area contributed by atoms with Crippen molar-refractivity contribution in [2.45, 2.75) is 32.6 Å². The summed E-state index contributed by atoms with van der Waals surface area (Å²) in [6.07, 6.45) is 4.24. The number of carbonyl (C=O) groups is 1. The normalized spacial score (nSPS) is 20.1. The fourth-order valence-corrected chi connectivity index (χ4v) is 2.62. The van der Waals surface area contributed by atoms with Gasteiger partial charge in [-0.3, -0.25) is 4.79 Å². The Morgan fingerprint density at radius 3 is 2.89 bits per heavy atom. The lowest BCUT2D eigenvalue weighted by atomic mass is 9.98. The van der Waals surface area contributed by atoms with Gasteiger partial charge in [0.05, 0.1) is 5.56 Å². The summed E-state index contributed by atoms with van der Waals surface area (Å²) in [5.74, 6) is -0.408. The zero-order chi connectivity index (χ0) is 13.8. The Balaban J connectivity index is 2.10. The third-order valence-electron chi connectivity index (χ3n) is 3.90. The summed E-state index contributed by atoms with van der Waals surface area (Å²) in [7, 11) is 0. The van der Waals surface area contributed by atoms with Gasteiger partial charge in [-0.1, -0.05) is 13.3 Å². The number of hydrogen-bond donors (Lipinski definition) is 1. The molecule has 0 bridgehead atoms. The lowest BCUT2D eigenvalue weighted by Crippen LogP contribution is -2.32. The molecule has 1 aliphatic rings. The topological polar surface area (TPSA) is 40.5 Å². The van der Waals surface area contributed by atoms with E-state index in [9.17, 15) is 14.3 Å². The number of nitrogens with zero attached hydrogens (tertiary/aromatic N) is 1. The van der Waals surface area contributed by atoms with Crippen molar-refractivity contribution < 1.29 is 14.3 Å². The molecular formula is C15H20FNO2. The summed E-state index contributed by atoms with van der Waals surface area (Å²) in [5.41, 5.74) is 0.0488. The van der Waals surface area contributed by atoms with Crippen LogP contribution in [-0.4, -0.2) is 29.0 Å². The molecule has 19 heavy (non-hydrogen) atoms. The summed E-state index contributed by atoms with van der Waals surface area (Å²) < 4.78 is 13.7. The average Bonchev–Trinajstić information content (AvgIpc) is 2.63. The Morgan fingerprint density at radius 2 is 2.21 bits per heavy atom. The van der Waals surface area contributed by atoms with Crippen LogP contribution in [0.2, 0.25) is 0 Å². The highest BCUT2D eigenvalue weighted by Gasteiger charge is 2.22. The number of likely N-dealkylation sites (tertiary alicyclic amines) is 1. The number of halogens is 1. The molecular weight excluding hydrogens is 245 g/mol. The van der Waals surface area contributed by atoms with E-state index in [0.29, 0.717) is 19.0 Å². The number of amides is 1. The van der Waals surface area contributed by atoms with E-state index in [1.807, 2.05) is 0 Å². The third-order valence-corrected chi connectivity index (χ3v) is 3.90. The molecule has 104 valence electrons. The van der Waals surface area contributed by atoms with Crippen molar-refractivity contribution >= 4 is 5.91 Å². The Bertz CT molecular complexity index is 461. The van der Waals surface area contributed by atoms with E-state index in [2.05, 4.69) is 6.92 Å². The van der Waals surface area contributed by atoms with Gasteiger partial charge < -0.3 is 10.0 Å². The molecule has 1 fully saturated rings. The van der Waals surface area contributed by atoms with Crippen molar-refractivity contribution in [1.82, 2.24) is 4.90 Å². The molecule has 4 heteroatoms. The smallest absolute Gasteiger partial charge is 0.256 e. The van der Waals surface area contributed by atoms with Gasteiger partial charge in [-0.25, -0.2) is 4.39 Å². The molecule has 0 radical (unpaired) electrons. The monoisotopic (exact) mass is 265 g/mol. The van der Waals surface area contributed by atoms with Crippen molar-refractivity contribution in [3.8, 4) is 5.75 Å². The van der Waals surface area contributed by atoms with Crippen LogP contribution < -0.4 is 0 Å². The lowest BCUT2D eigenvalue weighted by Gasteiger charge is -2.21. The van der Waals surface area contributed by atoms with Gasteiger partial charge in [0.15, 0.2) is 0 Å². The van der Waals surface area contributed by atoms with Gasteiger partial charge in [0.25, 0.3) is 5.91 Å². The summed E-state index contributed by atoms with van der Waals surface area (Å²) >= 11 is 0. The zero-order valence-corrected chi connectivity index (χ0v) is 11.2. The van der Waals surface area contributed by atoms with Gasteiger partial charge in [-0.2, -0.15) is 0 Å². The first kappa shape index (κ1) is 13.8. The quantitative estimate of drug-likeness (QED) is 0.892. The van der Waals surface area contributed by atoms with Crippen LogP contribution in [0.15, 0.2) is 18.2 Å². The maximum absolute atomic E-state index is 13.7. The molecule has 0 spiro atoms. The molecule has 2 rings (SSSR count). The second-order valence-corrected chi connectivity index (χ2v) is 5.16. The second-order valence-electron chi connectivity index (χ2n) is 5.16. The van der Waals surface area contributed by atoms with Crippen molar-refractivity contribution in [3.63, 3.8) is 0 Å². The Kier molecular flexibility index (Phi) is 4.40. The van der Waals surface area contributed by atoms with Crippen molar-refractivity contribution in [2.24, 2.45) is 5.92 Å². The molecule has 0 saturated carbocycles. The number of benzene rings is 1. The van der Waals surface area contributed by atoms with Gasteiger partial charge >= 0.3 is 0 Å². The predicted octanol–water partition coefficient (Wildman–Crippen LogP) is 3.18. The third kappa shape index (κ3) is 3.25. The lowest BCUT2D eigenvalue weighted by molar-refractivity contribution is 0.0755. The van der Waals surface area contributed by atoms with Gasteiger partial charge in [-0.15, -0.1) is 0 Å². The van der Waals surface area contributed by atoms with E-state index in [-0.39, 0.29) is 17.2 Å². The molecule has 1 unspecified atom stereocenters. The fourth-order valence-electron chi connectivity index (χ4n) is 2.62. The van der Waals surface area contributed by atoms with E-state index >= 15 is 0 Å². The van der Waals surface area contributed by atoms with Gasteiger partial charge in [0, 0.05) is 19.2 Å². The predicted molar refractivity (Wildman–Crippen MR) is 71.6 cm³/mol. The summed E-state index contributed by atoms with van der Waals surface area (Å²) in [5, 5.41) is 9.18. The van der Waals surface area contributed by atoms with Crippen LogP contribution in [0.25, 0.3) is 0 Å². The summed E-state index contributed by atoms with van der Waals surface area (Å²) in [6.45, 7) is 3.55. The molecule has 3 nitrogen and oxygen atoms in total. The minimum Gasteiger partial charge on any atom is -0.508 e. The second kappa shape index (κ2) is 6.04. The van der Waals surface area contributed by atoms with Crippen molar-refractivity contribution in [2.75, 3.05) is 13.1 Å². The Labute approximate surface area is 113 Å². The fraction of sp³-hybridized carbons (Fsp3) is 0.533. The first-order valence-corrected chi connectivity index (χ1v) is 6.89. The van der Waals surface area contributed by atoms with Crippen molar-refractivity contribution in [3.05, 3.63) is 29.6 Å². The van der Waals surface area contributed by atoms with E-state index < -0.39 is 5.82 Å². The van der Waals surface area contributed by atoms with Crippen molar-refractivity contribution in [1.29, 1.82) is 0 Å². The average molecular weight is 265 g/mol. The summed E-state index contributed by atoms with van der Waals surface area (Å²) in [4.78, 5) is 14.0. The Morgan fingerprint density at radius 1 is 1.42 bits per heavy atom. The first-order chi connectivity index (χ1) is 9.11. The highest BCUT2D eigenvalue weighted by molar-refractivity contribution is 5.94. The molecule has 0 aromatic heterocycles. The number of aromatic hydroxyl groups is 1. The standard InChI is InChI=1S/C15H20FNO2/c1-2-11-4-3-8-17(9-7-11)15(19)13-6-5-12(18)10-14(13)16/h5-6,10-11,18H,2-4,7-9H2,1H3. The van der Waals surface area contributed by atoms with Gasteiger partial charge in [-0.05, 0) is 37.3 Å². The highest BCUT2D eigenvalue weighted by atomic mass is 19.1. The number of phenols is 1. The molecule has 1 saturated heterocycles. The number of rotatable bonds is 2. The van der Waals surface area contributed by atoms with Gasteiger partial charge in [0.2, 0.25) is 0 Å². The number of hydrogen-bond acceptors (Lipinski definition) is 2. The maximum Gasteiger partial charge on any atom is 0.256 e. The van der Waals surface area contributed by atoms with Crippen LogP contribution >= 0.6 is 0 Å². The van der Waals surface area contributed by atoms with Crippen LogP contribution in [-0.2, 0) is 0 Å². The molecule has 0 aliphatic carbocycles. The van der Waals surface area contributed by atoms with E-state index in [1.165, 1.54) is 12.1 Å². The molecule has 1 aromatic rings. The highest BCUT2D eigenvalue weighted by Crippen LogP contribution is 2.23. The van der Waals surface area contributed by atoms with Crippen LogP contribution in [0.4, 0.5) is 4.39 Å². The van der Waals surface area contributed by atoms with Crippen LogP contribution in [0.3, 0.4) is 0 Å². The number of phenolic OH excluding ortho intramolecular Hbond substituents is 1. The zero-order valence-electron chi connectivity index (χ0n) is 11.2. The van der Waals surface area contributed by atoms with Gasteiger partial charge in [0.1, 0.15) is 11.6 Å². The Hall–Kier alpha value is -1.58. The molecule has 1 amide bonds.